The SMILES string of the molecule is N#CCNC(=O)[C@H](Cc1c(F)cc(Br)cc1F)NC(=O)OCc1ccccc1. The topological polar surface area (TPSA) is 91.2 Å². The predicted octanol–water partition coefficient (Wildman–Crippen LogP) is 3.20. The number of nitriles is 1. The molecule has 0 saturated carbocycles. The number of carbonyl (C=O) groups excluding carboxylic acids is 2. The Morgan fingerprint density at radius 2 is 1.82 bits per heavy atom. The van der Waals surface area contributed by atoms with E-state index in [1.54, 1.807) is 36.4 Å². The molecule has 1 atom stereocenters. The number of hydrogen-bond donors (Lipinski definition) is 2. The van der Waals surface area contributed by atoms with Crippen molar-refractivity contribution in [1.29, 1.82) is 5.26 Å². The Hall–Kier alpha value is -2.99. The summed E-state index contributed by atoms with van der Waals surface area (Å²) in [7, 11) is 0. The van der Waals surface area contributed by atoms with Crippen LogP contribution in [0.25, 0.3) is 0 Å². The highest BCUT2D eigenvalue weighted by atomic mass is 79.9. The number of nitrogens with one attached hydrogen (secondary N) is 2. The number of rotatable bonds is 7. The summed E-state index contributed by atoms with van der Waals surface area (Å²) in [4.78, 5) is 24.3. The molecule has 146 valence electrons. The number of carbonyl (C=O) groups is 2. The summed E-state index contributed by atoms with van der Waals surface area (Å²) in [6, 6.07) is 11.3. The van der Waals surface area contributed by atoms with Crippen LogP contribution in [0.15, 0.2) is 46.9 Å². The van der Waals surface area contributed by atoms with Crippen molar-refractivity contribution in [3.63, 3.8) is 0 Å². The monoisotopic (exact) mass is 451 g/mol. The van der Waals surface area contributed by atoms with Crippen molar-refractivity contribution < 1.29 is 23.1 Å². The van der Waals surface area contributed by atoms with E-state index in [0.717, 1.165) is 17.7 Å². The van der Waals surface area contributed by atoms with Gasteiger partial charge in [-0.3, -0.25) is 4.79 Å². The highest BCUT2D eigenvalue weighted by Crippen LogP contribution is 2.21. The maximum Gasteiger partial charge on any atom is 0.408 e. The molecule has 0 spiro atoms. The van der Waals surface area contributed by atoms with Gasteiger partial charge in [0.25, 0.3) is 0 Å². The van der Waals surface area contributed by atoms with Gasteiger partial charge in [0.15, 0.2) is 0 Å². The van der Waals surface area contributed by atoms with Gasteiger partial charge in [0.05, 0.1) is 6.07 Å². The van der Waals surface area contributed by atoms with Crippen LogP contribution in [0.3, 0.4) is 0 Å². The minimum atomic E-state index is -1.33. The minimum Gasteiger partial charge on any atom is -0.445 e. The van der Waals surface area contributed by atoms with E-state index in [1.165, 1.54) is 0 Å². The Morgan fingerprint density at radius 3 is 2.43 bits per heavy atom. The number of hydrogen-bond acceptors (Lipinski definition) is 4. The zero-order chi connectivity index (χ0) is 20.5. The van der Waals surface area contributed by atoms with Crippen molar-refractivity contribution in [2.45, 2.75) is 19.1 Å². The average Bonchev–Trinajstić information content (AvgIpc) is 2.67. The molecule has 2 N–H and O–H groups in total. The van der Waals surface area contributed by atoms with Gasteiger partial charge in [-0.25, -0.2) is 13.6 Å². The summed E-state index contributed by atoms with van der Waals surface area (Å²) in [5.74, 6) is -2.51. The number of ether oxygens (including phenoxy) is 1. The van der Waals surface area contributed by atoms with Gasteiger partial charge in [-0.1, -0.05) is 46.3 Å². The van der Waals surface area contributed by atoms with Crippen LogP contribution in [0, 0.1) is 23.0 Å². The second-order valence-electron chi connectivity index (χ2n) is 5.69. The first kappa shape index (κ1) is 21.3. The molecule has 6 nitrogen and oxygen atoms in total. The molecule has 0 aliphatic rings. The van der Waals surface area contributed by atoms with Crippen LogP contribution in [-0.4, -0.2) is 24.6 Å². The van der Waals surface area contributed by atoms with Crippen LogP contribution < -0.4 is 10.6 Å². The standard InChI is InChI=1S/C19H16BrF2N3O3/c20-13-8-15(21)14(16(22)9-13)10-17(18(26)24-7-6-23)25-19(27)28-11-12-4-2-1-3-5-12/h1-5,8-9,17H,7,10-11H2,(H,24,26)(H,25,27)/t17-/m0/s1. The highest BCUT2D eigenvalue weighted by Gasteiger charge is 2.25. The third-order valence-electron chi connectivity index (χ3n) is 3.68. The van der Waals surface area contributed by atoms with Crippen molar-refractivity contribution in [2.75, 3.05) is 6.54 Å². The van der Waals surface area contributed by atoms with Crippen molar-refractivity contribution >= 4 is 27.9 Å². The third kappa shape index (κ3) is 6.32. The lowest BCUT2D eigenvalue weighted by molar-refractivity contribution is -0.122. The fourth-order valence-electron chi connectivity index (χ4n) is 2.34. The minimum absolute atomic E-state index is 0.0415. The van der Waals surface area contributed by atoms with Gasteiger partial charge in [-0.2, -0.15) is 5.26 Å². The van der Waals surface area contributed by atoms with Gasteiger partial charge in [0.2, 0.25) is 5.91 Å². The molecule has 2 aromatic rings. The Labute approximate surface area is 168 Å². The second kappa shape index (κ2) is 10.4. The summed E-state index contributed by atoms with van der Waals surface area (Å²) in [5, 5.41) is 13.1. The maximum absolute atomic E-state index is 14.1. The van der Waals surface area contributed by atoms with E-state index in [-0.39, 0.29) is 23.2 Å². The van der Waals surface area contributed by atoms with E-state index in [0.29, 0.717) is 0 Å². The third-order valence-corrected chi connectivity index (χ3v) is 4.13. The van der Waals surface area contributed by atoms with Crippen molar-refractivity contribution in [3.8, 4) is 6.07 Å². The van der Waals surface area contributed by atoms with E-state index in [9.17, 15) is 18.4 Å². The molecular weight excluding hydrogens is 436 g/mol. The van der Waals surface area contributed by atoms with Crippen molar-refractivity contribution in [1.82, 2.24) is 10.6 Å². The summed E-state index contributed by atoms with van der Waals surface area (Å²) >= 11 is 2.97. The molecule has 0 unspecified atom stereocenters. The largest absolute Gasteiger partial charge is 0.445 e. The molecule has 28 heavy (non-hydrogen) atoms. The van der Waals surface area contributed by atoms with Gasteiger partial charge in [-0.05, 0) is 17.7 Å². The van der Waals surface area contributed by atoms with Gasteiger partial charge in [0.1, 0.15) is 30.8 Å². The average molecular weight is 452 g/mol. The second-order valence-corrected chi connectivity index (χ2v) is 6.60. The van der Waals surface area contributed by atoms with E-state index in [4.69, 9.17) is 10.00 Å². The molecule has 0 aromatic heterocycles. The summed E-state index contributed by atoms with van der Waals surface area (Å²) in [6.45, 7) is -0.360. The van der Waals surface area contributed by atoms with Crippen LogP contribution in [0.1, 0.15) is 11.1 Å². The fraction of sp³-hybridized carbons (Fsp3) is 0.211. The molecule has 0 fully saturated rings. The molecule has 0 saturated heterocycles. The first-order chi connectivity index (χ1) is 13.4. The normalized spacial score (nSPS) is 11.2. The first-order valence-corrected chi connectivity index (χ1v) is 8.95. The highest BCUT2D eigenvalue weighted by molar-refractivity contribution is 9.10. The number of benzene rings is 2. The van der Waals surface area contributed by atoms with Gasteiger partial charge in [-0.15, -0.1) is 0 Å². The van der Waals surface area contributed by atoms with Crippen LogP contribution in [0.5, 0.6) is 0 Å². The van der Waals surface area contributed by atoms with E-state index >= 15 is 0 Å². The summed E-state index contributed by atoms with van der Waals surface area (Å²) in [5.41, 5.74) is 0.358. The summed E-state index contributed by atoms with van der Waals surface area (Å²) in [6.07, 6.45) is -1.39. The summed E-state index contributed by atoms with van der Waals surface area (Å²) < 4.78 is 33.4. The lowest BCUT2D eigenvalue weighted by atomic mass is 10.0. The van der Waals surface area contributed by atoms with Gasteiger partial charge in [0, 0.05) is 16.5 Å². The van der Waals surface area contributed by atoms with Crippen LogP contribution in [-0.2, 0) is 22.6 Å². The molecule has 9 heteroatoms. The first-order valence-electron chi connectivity index (χ1n) is 8.16. The zero-order valence-corrected chi connectivity index (χ0v) is 16.1. The number of nitrogens with zero attached hydrogens (tertiary/aromatic N) is 1. The molecular formula is C19H16BrF2N3O3. The van der Waals surface area contributed by atoms with Crippen LogP contribution in [0.4, 0.5) is 13.6 Å². The Bertz CT molecular complexity index is 865. The zero-order valence-electron chi connectivity index (χ0n) is 14.5. The van der Waals surface area contributed by atoms with Gasteiger partial charge < -0.3 is 15.4 Å². The molecule has 2 rings (SSSR count). The Kier molecular flexibility index (Phi) is 7.89. The number of alkyl carbamates (subject to hydrolysis) is 1. The molecule has 2 aromatic carbocycles. The van der Waals surface area contributed by atoms with Crippen LogP contribution in [0.2, 0.25) is 0 Å². The van der Waals surface area contributed by atoms with E-state index in [2.05, 4.69) is 26.6 Å². The lowest BCUT2D eigenvalue weighted by Gasteiger charge is -2.18. The number of halogens is 3. The molecule has 0 radical (unpaired) electrons. The van der Waals surface area contributed by atoms with E-state index in [1.807, 2.05) is 0 Å². The molecule has 0 aliphatic carbocycles. The quantitative estimate of drug-likeness (QED) is 0.632. The van der Waals surface area contributed by atoms with Crippen LogP contribution >= 0.6 is 15.9 Å². The van der Waals surface area contributed by atoms with E-state index < -0.39 is 36.1 Å². The molecule has 0 bridgehead atoms. The molecule has 0 aliphatic heterocycles. The Morgan fingerprint density at radius 1 is 1.18 bits per heavy atom. The smallest absolute Gasteiger partial charge is 0.408 e. The lowest BCUT2D eigenvalue weighted by Crippen LogP contribution is -2.48. The van der Waals surface area contributed by atoms with Crippen molar-refractivity contribution in [2.24, 2.45) is 0 Å². The number of amides is 2. The molecule has 0 heterocycles. The Balaban J connectivity index is 2.10. The molecule has 2 amide bonds. The fourth-order valence-corrected chi connectivity index (χ4v) is 2.74. The maximum atomic E-state index is 14.1. The predicted molar refractivity (Wildman–Crippen MR) is 99.9 cm³/mol. The van der Waals surface area contributed by atoms with Gasteiger partial charge >= 0.3 is 6.09 Å². The van der Waals surface area contributed by atoms with Crippen molar-refractivity contribution in [3.05, 3.63) is 69.7 Å².